The molecule has 0 atom stereocenters. The molecule has 7 heteroatoms. The van der Waals surface area contributed by atoms with Crippen LogP contribution in [-0.4, -0.2) is 49.6 Å². The van der Waals surface area contributed by atoms with Gasteiger partial charge in [-0.05, 0) is 45.3 Å². The van der Waals surface area contributed by atoms with Gasteiger partial charge in [0.1, 0.15) is 5.75 Å². The largest absolute Gasteiger partial charge is 0.496 e. The lowest BCUT2D eigenvalue weighted by atomic mass is 9.78. The van der Waals surface area contributed by atoms with Gasteiger partial charge in [0.05, 0.1) is 23.9 Å². The Hall–Kier alpha value is -1.57. The van der Waals surface area contributed by atoms with E-state index in [0.29, 0.717) is 17.9 Å². The maximum absolute atomic E-state index is 12.5. The number of aliphatic hydroxyl groups excluding tert-OH is 1. The summed E-state index contributed by atoms with van der Waals surface area (Å²) in [6.07, 6.45) is 0. The number of carbonyl (C=O) groups is 1. The Labute approximate surface area is 156 Å². The Morgan fingerprint density at radius 2 is 1.81 bits per heavy atom. The van der Waals surface area contributed by atoms with Crippen LogP contribution < -0.4 is 15.5 Å². The summed E-state index contributed by atoms with van der Waals surface area (Å²) in [5, 5.41) is 12.2. The van der Waals surface area contributed by atoms with Crippen LogP contribution in [0.4, 0.5) is 0 Å². The molecule has 0 bridgehead atoms. The Morgan fingerprint density at radius 1 is 1.23 bits per heavy atom. The standard InChI is InChI=1S/C19H30BNO5/c1-17(2,12-22)11-21-16(23)14-9-8-13(10-15(14)24-7)20-25-18(3,4)19(5,6)26-20/h8-10,22H,11-12H2,1-7H3,(H,21,23). The molecule has 1 aliphatic heterocycles. The van der Waals surface area contributed by atoms with Gasteiger partial charge in [0.2, 0.25) is 0 Å². The van der Waals surface area contributed by atoms with Crippen LogP contribution >= 0.6 is 0 Å². The second-order valence-electron chi connectivity index (χ2n) is 8.55. The molecule has 0 aliphatic carbocycles. The monoisotopic (exact) mass is 363 g/mol. The zero-order valence-corrected chi connectivity index (χ0v) is 16.8. The molecule has 0 saturated carbocycles. The number of hydrogen-bond donors (Lipinski definition) is 2. The third-order valence-electron chi connectivity index (χ3n) is 5.15. The van der Waals surface area contributed by atoms with E-state index in [4.69, 9.17) is 14.0 Å². The molecule has 144 valence electrons. The molecule has 0 unspecified atom stereocenters. The number of carbonyl (C=O) groups excluding carboxylic acids is 1. The zero-order chi connectivity index (χ0) is 19.8. The van der Waals surface area contributed by atoms with Crippen LogP contribution in [0.15, 0.2) is 18.2 Å². The number of amides is 1. The lowest BCUT2D eigenvalue weighted by Gasteiger charge is -2.32. The van der Waals surface area contributed by atoms with Crippen LogP contribution in [0.2, 0.25) is 0 Å². The normalized spacial score (nSPS) is 18.7. The molecule has 1 aliphatic rings. The molecule has 6 nitrogen and oxygen atoms in total. The first-order chi connectivity index (χ1) is 11.9. The fraction of sp³-hybridized carbons (Fsp3) is 0.632. The highest BCUT2D eigenvalue weighted by Gasteiger charge is 2.51. The van der Waals surface area contributed by atoms with Crippen molar-refractivity contribution < 1.29 is 23.9 Å². The van der Waals surface area contributed by atoms with Crippen molar-refractivity contribution in [2.24, 2.45) is 5.41 Å². The molecule has 0 radical (unpaired) electrons. The lowest BCUT2D eigenvalue weighted by Crippen LogP contribution is -2.41. The summed E-state index contributed by atoms with van der Waals surface area (Å²) in [6.45, 7) is 12.1. The fourth-order valence-corrected chi connectivity index (χ4v) is 2.49. The number of rotatable bonds is 6. The summed E-state index contributed by atoms with van der Waals surface area (Å²) in [6, 6.07) is 5.30. The zero-order valence-electron chi connectivity index (χ0n) is 16.8. The predicted octanol–water partition coefficient (Wildman–Crippen LogP) is 1.74. The molecule has 0 aromatic heterocycles. The van der Waals surface area contributed by atoms with Gasteiger partial charge in [0.25, 0.3) is 5.91 Å². The van der Waals surface area contributed by atoms with Crippen molar-refractivity contribution in [2.75, 3.05) is 20.3 Å². The van der Waals surface area contributed by atoms with E-state index in [-0.39, 0.29) is 17.9 Å². The second-order valence-corrected chi connectivity index (χ2v) is 8.55. The van der Waals surface area contributed by atoms with Crippen molar-refractivity contribution in [1.82, 2.24) is 5.32 Å². The molecule has 1 saturated heterocycles. The Balaban J connectivity index is 2.19. The van der Waals surface area contributed by atoms with Crippen molar-refractivity contribution in [1.29, 1.82) is 0 Å². The highest BCUT2D eigenvalue weighted by Crippen LogP contribution is 2.36. The molecule has 2 rings (SSSR count). The molecule has 2 N–H and O–H groups in total. The van der Waals surface area contributed by atoms with Gasteiger partial charge in [-0.1, -0.05) is 19.9 Å². The third kappa shape index (κ3) is 4.22. The second kappa shape index (κ2) is 7.21. The minimum atomic E-state index is -0.515. The maximum Gasteiger partial charge on any atom is 0.494 e. The Bertz CT molecular complexity index is 656. The smallest absolute Gasteiger partial charge is 0.494 e. The summed E-state index contributed by atoms with van der Waals surface area (Å²) in [5.74, 6) is 0.209. The molecule has 26 heavy (non-hydrogen) atoms. The first-order valence-electron chi connectivity index (χ1n) is 8.85. The minimum absolute atomic E-state index is 0.00865. The van der Waals surface area contributed by atoms with Gasteiger partial charge in [-0.15, -0.1) is 0 Å². The molecule has 1 amide bonds. The van der Waals surface area contributed by atoms with Gasteiger partial charge < -0.3 is 24.5 Å². The van der Waals surface area contributed by atoms with E-state index in [1.54, 1.807) is 12.1 Å². The van der Waals surface area contributed by atoms with Crippen molar-refractivity contribution in [3.8, 4) is 5.75 Å². The Kier molecular flexibility index (Phi) is 5.76. The molecule has 1 aromatic carbocycles. The molecule has 1 heterocycles. The van der Waals surface area contributed by atoms with Crippen LogP contribution in [0.5, 0.6) is 5.75 Å². The molecule has 1 aromatic rings. The number of nitrogens with one attached hydrogen (secondary N) is 1. The van der Waals surface area contributed by atoms with Gasteiger partial charge in [-0.2, -0.15) is 0 Å². The number of hydrogen-bond acceptors (Lipinski definition) is 5. The van der Waals surface area contributed by atoms with Crippen LogP contribution in [0.1, 0.15) is 51.9 Å². The number of aliphatic hydroxyl groups is 1. The average Bonchev–Trinajstić information content (AvgIpc) is 2.80. The van der Waals surface area contributed by atoms with Gasteiger partial charge in [-0.25, -0.2) is 0 Å². The minimum Gasteiger partial charge on any atom is -0.496 e. The summed E-state index contributed by atoms with van der Waals surface area (Å²) >= 11 is 0. The molecule has 0 spiro atoms. The SMILES string of the molecule is COc1cc(B2OC(C)(C)C(C)(C)O2)ccc1C(=O)NCC(C)(C)CO. The summed E-state index contributed by atoms with van der Waals surface area (Å²) < 4.78 is 17.5. The molecule has 1 fully saturated rings. The quantitative estimate of drug-likeness (QED) is 0.753. The number of benzene rings is 1. The van der Waals surface area contributed by atoms with Gasteiger partial charge in [0, 0.05) is 18.6 Å². The molecular formula is C19H30BNO5. The lowest BCUT2D eigenvalue weighted by molar-refractivity contribution is 0.00578. The van der Waals surface area contributed by atoms with E-state index in [2.05, 4.69) is 5.32 Å². The maximum atomic E-state index is 12.5. The summed E-state index contributed by atoms with van der Waals surface area (Å²) in [7, 11) is 1.01. The Morgan fingerprint density at radius 3 is 2.31 bits per heavy atom. The predicted molar refractivity (Wildman–Crippen MR) is 102 cm³/mol. The highest BCUT2D eigenvalue weighted by molar-refractivity contribution is 6.62. The third-order valence-corrected chi connectivity index (χ3v) is 5.15. The molecular weight excluding hydrogens is 333 g/mol. The summed E-state index contributed by atoms with van der Waals surface area (Å²) in [5.41, 5.74) is -0.0200. The summed E-state index contributed by atoms with van der Waals surface area (Å²) in [4.78, 5) is 12.5. The number of methoxy groups -OCH3 is 1. The van der Waals surface area contributed by atoms with Crippen LogP contribution in [-0.2, 0) is 9.31 Å². The van der Waals surface area contributed by atoms with Gasteiger partial charge in [0.15, 0.2) is 0 Å². The fourth-order valence-electron chi connectivity index (χ4n) is 2.49. The topological polar surface area (TPSA) is 77.0 Å². The van der Waals surface area contributed by atoms with Crippen LogP contribution in [0.25, 0.3) is 0 Å². The van der Waals surface area contributed by atoms with Crippen molar-refractivity contribution in [3.63, 3.8) is 0 Å². The van der Waals surface area contributed by atoms with Crippen molar-refractivity contribution >= 4 is 18.5 Å². The van der Waals surface area contributed by atoms with Gasteiger partial charge >= 0.3 is 7.12 Å². The average molecular weight is 363 g/mol. The highest BCUT2D eigenvalue weighted by atomic mass is 16.7. The van der Waals surface area contributed by atoms with Crippen molar-refractivity contribution in [2.45, 2.75) is 52.7 Å². The number of ether oxygens (including phenoxy) is 1. The first-order valence-corrected chi connectivity index (χ1v) is 8.85. The van der Waals surface area contributed by atoms with E-state index < -0.39 is 18.3 Å². The van der Waals surface area contributed by atoms with Crippen LogP contribution in [0, 0.1) is 5.41 Å². The van der Waals surface area contributed by atoms with E-state index in [0.717, 1.165) is 5.46 Å². The van der Waals surface area contributed by atoms with Gasteiger partial charge in [-0.3, -0.25) is 4.79 Å². The van der Waals surface area contributed by atoms with E-state index in [1.165, 1.54) is 7.11 Å². The van der Waals surface area contributed by atoms with E-state index >= 15 is 0 Å². The first kappa shape index (κ1) is 20.7. The van der Waals surface area contributed by atoms with E-state index in [9.17, 15) is 9.90 Å². The van der Waals surface area contributed by atoms with Crippen molar-refractivity contribution in [3.05, 3.63) is 23.8 Å². The van der Waals surface area contributed by atoms with E-state index in [1.807, 2.05) is 47.6 Å². The van der Waals surface area contributed by atoms with Crippen LogP contribution in [0.3, 0.4) is 0 Å².